The van der Waals surface area contributed by atoms with Gasteiger partial charge in [0.25, 0.3) is 5.91 Å². The van der Waals surface area contributed by atoms with Gasteiger partial charge in [-0.1, -0.05) is 69.5 Å². The molecule has 2 amide bonds. The molecule has 3 atom stereocenters. The van der Waals surface area contributed by atoms with Gasteiger partial charge in [-0.3, -0.25) is 14.5 Å². The van der Waals surface area contributed by atoms with Crippen molar-refractivity contribution in [3.05, 3.63) is 99.8 Å². The highest BCUT2D eigenvalue weighted by Crippen LogP contribution is 2.22. The fourth-order valence-corrected chi connectivity index (χ4v) is 7.89. The van der Waals surface area contributed by atoms with Gasteiger partial charge in [-0.2, -0.15) is 0 Å². The number of aryl methyl sites for hydroxylation is 1. The molecule has 3 rings (SSSR count). The molecule has 0 bridgehead atoms. The maximum atomic E-state index is 14.3. The first-order valence-corrected chi connectivity index (χ1v) is 18.3. The van der Waals surface area contributed by atoms with Gasteiger partial charge in [0.05, 0.1) is 34.8 Å². The Morgan fingerprint density at radius 2 is 1.62 bits per heavy atom. The van der Waals surface area contributed by atoms with Crippen LogP contribution < -0.4 is 11.1 Å². The molecule has 0 fully saturated rings. The number of aliphatic hydroxyl groups is 1. The predicted octanol–water partition coefficient (Wildman–Crippen LogP) is 5.02. The average Bonchev–Trinajstić information content (AvgIpc) is 3.03. The number of sulfone groups is 1. The summed E-state index contributed by atoms with van der Waals surface area (Å²) in [5, 5.41) is 14.1. The molecular formula is C35H45ClF2N4O5S. The Morgan fingerprint density at radius 1 is 0.979 bits per heavy atom. The summed E-state index contributed by atoms with van der Waals surface area (Å²) in [7, 11) is -3.87. The zero-order valence-electron chi connectivity index (χ0n) is 27.5. The fourth-order valence-electron chi connectivity index (χ4n) is 5.67. The van der Waals surface area contributed by atoms with E-state index in [1.54, 1.807) is 0 Å². The highest BCUT2D eigenvalue weighted by Gasteiger charge is 2.40. The second kappa shape index (κ2) is 18.5. The van der Waals surface area contributed by atoms with Gasteiger partial charge in [0.15, 0.2) is 9.84 Å². The Bertz CT molecular complexity index is 1600. The van der Waals surface area contributed by atoms with Gasteiger partial charge in [-0.05, 0) is 66.6 Å². The zero-order chi connectivity index (χ0) is 35.4. The van der Waals surface area contributed by atoms with E-state index < -0.39 is 62.5 Å². The number of carbonyl (C=O) groups is 2. The molecular weight excluding hydrogens is 662 g/mol. The Morgan fingerprint density at radius 3 is 2.21 bits per heavy atom. The fraction of sp³-hybridized carbons (Fsp3) is 0.457. The summed E-state index contributed by atoms with van der Waals surface area (Å²) in [6, 6.07) is 10.1. The first-order valence-electron chi connectivity index (χ1n) is 16.2. The van der Waals surface area contributed by atoms with Gasteiger partial charge in [0.1, 0.15) is 16.8 Å². The number of halogens is 3. The minimum absolute atomic E-state index is 0.0548. The van der Waals surface area contributed by atoms with Crippen LogP contribution in [-0.4, -0.2) is 71.0 Å². The van der Waals surface area contributed by atoms with Crippen molar-refractivity contribution in [1.82, 2.24) is 15.2 Å². The number of pyridine rings is 1. The lowest BCUT2D eigenvalue weighted by atomic mass is 9.97. The molecule has 0 aliphatic heterocycles. The molecule has 0 aliphatic rings. The quantitative estimate of drug-likeness (QED) is 0.157. The molecule has 0 radical (unpaired) electrons. The van der Waals surface area contributed by atoms with Crippen LogP contribution in [-0.2, 0) is 34.0 Å². The van der Waals surface area contributed by atoms with Crippen LogP contribution >= 0.6 is 11.6 Å². The zero-order valence-corrected chi connectivity index (χ0v) is 29.1. The number of nitrogens with two attached hydrogens (primary N) is 1. The summed E-state index contributed by atoms with van der Waals surface area (Å²) in [5.74, 6) is -4.52. The van der Waals surface area contributed by atoms with E-state index in [0.717, 1.165) is 35.9 Å². The number of nitrogens with zero attached hydrogens (tertiary/aromatic N) is 2. The summed E-state index contributed by atoms with van der Waals surface area (Å²) in [6.45, 7) is 5.94. The average molecular weight is 707 g/mol. The van der Waals surface area contributed by atoms with E-state index in [0.29, 0.717) is 43.2 Å². The lowest BCUT2D eigenvalue weighted by Gasteiger charge is -2.35. The summed E-state index contributed by atoms with van der Waals surface area (Å²) >= 11 is 5.93. The van der Waals surface area contributed by atoms with Crippen molar-refractivity contribution in [2.75, 3.05) is 12.3 Å². The van der Waals surface area contributed by atoms with Crippen molar-refractivity contribution >= 4 is 33.3 Å². The molecule has 4 N–H and O–H groups in total. The molecule has 0 aliphatic carbocycles. The second-order valence-electron chi connectivity index (χ2n) is 11.9. The van der Waals surface area contributed by atoms with Gasteiger partial charge >= 0.3 is 0 Å². The Labute approximate surface area is 286 Å². The standard InChI is InChI=1S/C35H45ClF2N4O5S/c1-4-8-29(9-5-2)48(46,47)22-30(39)35(45)42(34(44)26-12-13-33(36)41-20-26)31(17-25-15-27(37)18-28(38)16-25)32(43)21-40-19-24-11-7-10-23(6-3)14-24/h7,10-16,18,20,29-32,40,43H,4-6,8-9,17,19,21-22,39H2,1-3H3/t30?,31-,32+/m0/s1. The summed E-state index contributed by atoms with van der Waals surface area (Å²) < 4.78 is 55.4. The summed E-state index contributed by atoms with van der Waals surface area (Å²) in [4.78, 5) is 32.9. The molecule has 0 spiro atoms. The molecule has 1 heterocycles. The van der Waals surface area contributed by atoms with E-state index in [9.17, 15) is 31.9 Å². The van der Waals surface area contributed by atoms with Crippen LogP contribution in [0.5, 0.6) is 0 Å². The number of hydrogen-bond acceptors (Lipinski definition) is 8. The molecule has 9 nitrogen and oxygen atoms in total. The number of aromatic nitrogens is 1. The lowest BCUT2D eigenvalue weighted by Crippen LogP contribution is -2.59. The third-order valence-corrected chi connectivity index (χ3v) is 10.6. The van der Waals surface area contributed by atoms with Gasteiger partial charge in [0.2, 0.25) is 5.91 Å². The van der Waals surface area contributed by atoms with E-state index in [2.05, 4.69) is 10.3 Å². The van der Waals surface area contributed by atoms with Crippen LogP contribution in [0.15, 0.2) is 60.8 Å². The first kappa shape index (κ1) is 39.2. The molecule has 262 valence electrons. The number of amides is 2. The Balaban J connectivity index is 2.04. The molecule has 13 heteroatoms. The predicted molar refractivity (Wildman–Crippen MR) is 183 cm³/mol. The largest absolute Gasteiger partial charge is 0.390 e. The maximum Gasteiger partial charge on any atom is 0.262 e. The van der Waals surface area contributed by atoms with Gasteiger partial charge in [0, 0.05) is 25.4 Å². The van der Waals surface area contributed by atoms with Crippen LogP contribution in [0.4, 0.5) is 8.78 Å². The van der Waals surface area contributed by atoms with Crippen LogP contribution in [0.1, 0.15) is 73.5 Å². The van der Waals surface area contributed by atoms with Crippen molar-refractivity contribution in [3.8, 4) is 0 Å². The molecule has 1 unspecified atom stereocenters. The first-order chi connectivity index (χ1) is 22.8. The molecule has 1 aromatic heterocycles. The van der Waals surface area contributed by atoms with Gasteiger partial charge in [-0.15, -0.1) is 0 Å². The number of imide groups is 1. The Kier molecular flexibility index (Phi) is 15.1. The topological polar surface area (TPSA) is 143 Å². The minimum atomic E-state index is -3.87. The highest BCUT2D eigenvalue weighted by molar-refractivity contribution is 7.92. The minimum Gasteiger partial charge on any atom is -0.390 e. The summed E-state index contributed by atoms with van der Waals surface area (Å²) in [5.41, 5.74) is 8.29. The molecule has 3 aromatic rings. The van der Waals surface area contributed by atoms with Crippen LogP contribution in [0, 0.1) is 11.6 Å². The maximum absolute atomic E-state index is 14.3. The van der Waals surface area contributed by atoms with Crippen LogP contribution in [0.2, 0.25) is 5.15 Å². The van der Waals surface area contributed by atoms with Gasteiger partial charge in [-0.25, -0.2) is 22.2 Å². The van der Waals surface area contributed by atoms with Crippen molar-refractivity contribution in [1.29, 1.82) is 0 Å². The van der Waals surface area contributed by atoms with Crippen LogP contribution in [0.25, 0.3) is 0 Å². The second-order valence-corrected chi connectivity index (χ2v) is 14.7. The normalized spacial score (nSPS) is 13.7. The third kappa shape index (κ3) is 11.1. The monoisotopic (exact) mass is 706 g/mol. The molecule has 0 saturated carbocycles. The van der Waals surface area contributed by atoms with Crippen molar-refractivity contribution in [3.63, 3.8) is 0 Å². The lowest BCUT2D eigenvalue weighted by molar-refractivity contribution is -0.133. The van der Waals surface area contributed by atoms with Crippen molar-refractivity contribution < 1.29 is 31.9 Å². The van der Waals surface area contributed by atoms with E-state index in [1.165, 1.54) is 12.1 Å². The molecule has 2 aromatic carbocycles. The smallest absolute Gasteiger partial charge is 0.262 e. The number of aliphatic hydroxyl groups excluding tert-OH is 1. The number of benzene rings is 2. The highest BCUT2D eigenvalue weighted by atomic mass is 35.5. The van der Waals surface area contributed by atoms with Crippen molar-refractivity contribution in [2.45, 2.75) is 89.3 Å². The SMILES string of the molecule is CCCC(CCC)S(=O)(=O)CC(N)C(=O)N(C(=O)c1ccc(Cl)nc1)[C@@H](Cc1cc(F)cc(F)c1)[C@H](O)CNCc1cccc(CC)c1. The Hall–Kier alpha value is -3.29. The molecule has 0 saturated heterocycles. The third-order valence-electron chi connectivity index (χ3n) is 8.11. The van der Waals surface area contributed by atoms with Crippen molar-refractivity contribution in [2.24, 2.45) is 5.73 Å². The van der Waals surface area contributed by atoms with E-state index >= 15 is 0 Å². The van der Waals surface area contributed by atoms with Crippen LogP contribution in [0.3, 0.4) is 0 Å². The number of hydrogen-bond donors (Lipinski definition) is 3. The number of carbonyl (C=O) groups excluding carboxylic acids is 2. The van der Waals surface area contributed by atoms with E-state index in [4.69, 9.17) is 17.3 Å². The van der Waals surface area contributed by atoms with Gasteiger partial charge < -0.3 is 16.2 Å². The number of rotatable bonds is 18. The van der Waals surface area contributed by atoms with E-state index in [1.807, 2.05) is 45.0 Å². The molecule has 48 heavy (non-hydrogen) atoms. The van der Waals surface area contributed by atoms with E-state index in [-0.39, 0.29) is 29.2 Å². The summed E-state index contributed by atoms with van der Waals surface area (Å²) in [6.07, 6.45) is 2.10. The number of nitrogens with one attached hydrogen (secondary N) is 1.